The van der Waals surface area contributed by atoms with Crippen LogP contribution in [-0.4, -0.2) is 33.9 Å². The number of methoxy groups -OCH3 is 1. The molecule has 1 aromatic carbocycles. The molecule has 0 aliphatic heterocycles. The lowest BCUT2D eigenvalue weighted by Gasteiger charge is -2.10. The predicted octanol–water partition coefficient (Wildman–Crippen LogP) is 5.73. The van der Waals surface area contributed by atoms with Crippen LogP contribution in [0, 0.1) is 5.82 Å². The van der Waals surface area contributed by atoms with Crippen LogP contribution >= 0.6 is 34.9 Å². The molecule has 0 spiro atoms. The summed E-state index contributed by atoms with van der Waals surface area (Å²) in [6.45, 7) is 0. The maximum atomic E-state index is 13.3. The Morgan fingerprint density at radius 3 is 2.60 bits per heavy atom. The van der Waals surface area contributed by atoms with Gasteiger partial charge in [-0.15, -0.1) is 11.3 Å². The first kappa shape index (κ1) is 24.8. The smallest absolute Gasteiger partial charge is 0.305 e. The van der Waals surface area contributed by atoms with Crippen LogP contribution in [0.15, 0.2) is 86.8 Å². The van der Waals surface area contributed by atoms with Crippen LogP contribution in [0.5, 0.6) is 0 Å². The molecule has 0 saturated heterocycles. The minimum Gasteiger partial charge on any atom is -0.469 e. The number of amides is 1. The molecule has 178 valence electrons. The van der Waals surface area contributed by atoms with E-state index >= 15 is 0 Å². The number of benzene rings is 1. The highest BCUT2D eigenvalue weighted by molar-refractivity contribution is 7.99. The summed E-state index contributed by atoms with van der Waals surface area (Å²) in [7, 11) is 1.34. The van der Waals surface area contributed by atoms with Gasteiger partial charge >= 0.3 is 5.97 Å². The third-order valence-electron chi connectivity index (χ3n) is 4.51. The van der Waals surface area contributed by atoms with E-state index in [1.165, 1.54) is 54.1 Å². The number of thiazole rings is 1. The third-order valence-corrected chi connectivity index (χ3v) is 7.43. The summed E-state index contributed by atoms with van der Waals surface area (Å²) in [6.07, 6.45) is 4.02. The van der Waals surface area contributed by atoms with Crippen molar-refractivity contribution >= 4 is 51.9 Å². The van der Waals surface area contributed by atoms with Crippen molar-refractivity contribution in [3.63, 3.8) is 0 Å². The molecule has 0 aliphatic carbocycles. The summed E-state index contributed by atoms with van der Waals surface area (Å²) < 4.78 is 18.0. The molecule has 0 unspecified atom stereocenters. The van der Waals surface area contributed by atoms with Crippen molar-refractivity contribution in [2.45, 2.75) is 32.7 Å². The Bertz CT molecular complexity index is 1320. The Balaban J connectivity index is 1.56. The van der Waals surface area contributed by atoms with Gasteiger partial charge in [0.05, 0.1) is 13.5 Å². The first-order valence-corrected chi connectivity index (χ1v) is 12.8. The summed E-state index contributed by atoms with van der Waals surface area (Å²) in [6, 6.07) is 15.2. The summed E-state index contributed by atoms with van der Waals surface area (Å²) in [5.41, 5.74) is 0.214. The van der Waals surface area contributed by atoms with Crippen molar-refractivity contribution in [1.29, 1.82) is 0 Å². The van der Waals surface area contributed by atoms with Crippen molar-refractivity contribution in [3.05, 3.63) is 83.4 Å². The van der Waals surface area contributed by atoms with Crippen LogP contribution in [0.1, 0.15) is 21.8 Å². The van der Waals surface area contributed by atoms with Gasteiger partial charge in [-0.1, -0.05) is 29.6 Å². The zero-order valence-corrected chi connectivity index (χ0v) is 20.9. The van der Waals surface area contributed by atoms with Gasteiger partial charge in [0.15, 0.2) is 5.13 Å². The summed E-state index contributed by atoms with van der Waals surface area (Å²) in [4.78, 5) is 40.0. The topological polar surface area (TPSA) is 94.1 Å². The fourth-order valence-corrected chi connectivity index (χ4v) is 5.29. The number of nitrogens with one attached hydrogen (secondary N) is 1. The van der Waals surface area contributed by atoms with Gasteiger partial charge in [0.25, 0.3) is 5.91 Å². The zero-order valence-electron chi connectivity index (χ0n) is 18.4. The molecule has 0 saturated carbocycles. The van der Waals surface area contributed by atoms with Crippen molar-refractivity contribution < 1.29 is 18.7 Å². The maximum absolute atomic E-state index is 13.3. The standard InChI is InChI=1S/C24H19FN4O3S3/c1-32-21(30)12-9-17-14-27-24(34-17)29-23(31)22-18(33-16-7-5-15(25)6-8-16)10-11-20(28-22)35-19-4-2-3-13-26-19/h2-8,10-11,13-14H,9,12H2,1H3,(H,27,29,31). The van der Waals surface area contributed by atoms with Crippen LogP contribution in [0.4, 0.5) is 9.52 Å². The number of carbonyl (C=O) groups is 2. The van der Waals surface area contributed by atoms with E-state index < -0.39 is 5.91 Å². The van der Waals surface area contributed by atoms with Crippen LogP contribution in [-0.2, 0) is 16.0 Å². The average molecular weight is 527 g/mol. The van der Waals surface area contributed by atoms with Gasteiger partial charge in [-0.05, 0) is 55.0 Å². The number of nitrogens with zero attached hydrogens (tertiary/aromatic N) is 3. The number of carbonyl (C=O) groups excluding carboxylic acids is 2. The second-order valence-electron chi connectivity index (χ2n) is 6.98. The Morgan fingerprint density at radius 2 is 1.86 bits per heavy atom. The highest BCUT2D eigenvalue weighted by Crippen LogP contribution is 2.33. The minimum atomic E-state index is -0.424. The number of anilines is 1. The van der Waals surface area contributed by atoms with Gasteiger partial charge < -0.3 is 4.74 Å². The first-order chi connectivity index (χ1) is 17.0. The molecule has 7 nitrogen and oxygen atoms in total. The van der Waals surface area contributed by atoms with Crippen LogP contribution in [0.25, 0.3) is 0 Å². The van der Waals surface area contributed by atoms with Crippen molar-refractivity contribution in [2.24, 2.45) is 0 Å². The van der Waals surface area contributed by atoms with Crippen molar-refractivity contribution in [1.82, 2.24) is 15.0 Å². The molecule has 0 radical (unpaired) electrons. The van der Waals surface area contributed by atoms with Gasteiger partial charge in [-0.25, -0.2) is 19.3 Å². The van der Waals surface area contributed by atoms with E-state index in [4.69, 9.17) is 0 Å². The molecule has 3 aromatic heterocycles. The van der Waals surface area contributed by atoms with Gasteiger partial charge in [0.1, 0.15) is 21.6 Å². The van der Waals surface area contributed by atoms with Crippen molar-refractivity contribution in [2.75, 3.05) is 12.4 Å². The molecule has 1 amide bonds. The number of pyridine rings is 2. The Hall–Kier alpha value is -3.28. The minimum absolute atomic E-state index is 0.214. The second kappa shape index (κ2) is 11.9. The maximum Gasteiger partial charge on any atom is 0.305 e. The number of rotatable bonds is 9. The van der Waals surface area contributed by atoms with Gasteiger partial charge in [0, 0.05) is 27.1 Å². The van der Waals surface area contributed by atoms with E-state index in [9.17, 15) is 14.0 Å². The molecule has 3 heterocycles. The van der Waals surface area contributed by atoms with E-state index in [1.807, 2.05) is 30.3 Å². The Kier molecular flexibility index (Phi) is 8.45. The number of halogens is 1. The number of hydrogen-bond acceptors (Lipinski definition) is 9. The molecule has 0 aliphatic rings. The lowest BCUT2D eigenvalue weighted by Crippen LogP contribution is -2.15. The molecular weight excluding hydrogens is 507 g/mol. The number of ether oxygens (including phenoxy) is 1. The van der Waals surface area contributed by atoms with Gasteiger partial charge in [-0.2, -0.15) is 0 Å². The predicted molar refractivity (Wildman–Crippen MR) is 134 cm³/mol. The molecule has 11 heteroatoms. The Labute approximate surface area is 213 Å². The van der Waals surface area contributed by atoms with Crippen molar-refractivity contribution in [3.8, 4) is 0 Å². The fraction of sp³-hybridized carbons (Fsp3) is 0.125. The largest absolute Gasteiger partial charge is 0.469 e. The monoisotopic (exact) mass is 526 g/mol. The van der Waals surface area contributed by atoms with Crippen LogP contribution < -0.4 is 5.32 Å². The number of aryl methyl sites for hydroxylation is 1. The van der Waals surface area contributed by atoms with E-state index in [0.29, 0.717) is 21.5 Å². The SMILES string of the molecule is COC(=O)CCc1cnc(NC(=O)c2nc(Sc3ccccn3)ccc2Sc2ccc(F)cc2)s1. The molecule has 4 rings (SSSR count). The average Bonchev–Trinajstić information content (AvgIpc) is 3.32. The molecule has 0 bridgehead atoms. The summed E-state index contributed by atoms with van der Waals surface area (Å²) in [5.74, 6) is -1.07. The van der Waals surface area contributed by atoms with E-state index in [2.05, 4.69) is 25.0 Å². The highest BCUT2D eigenvalue weighted by atomic mass is 32.2. The normalized spacial score (nSPS) is 10.7. The molecular formula is C24H19FN4O3S3. The lowest BCUT2D eigenvalue weighted by molar-refractivity contribution is -0.140. The van der Waals surface area contributed by atoms with E-state index in [0.717, 1.165) is 14.8 Å². The number of hydrogen-bond donors (Lipinski definition) is 1. The highest BCUT2D eigenvalue weighted by Gasteiger charge is 2.18. The summed E-state index contributed by atoms with van der Waals surface area (Å²) in [5, 5.41) is 4.56. The zero-order chi connectivity index (χ0) is 24.6. The number of aromatic nitrogens is 3. The number of esters is 1. The summed E-state index contributed by atoms with van der Waals surface area (Å²) >= 11 is 3.94. The molecule has 1 N–H and O–H groups in total. The lowest BCUT2D eigenvalue weighted by atomic mass is 10.3. The molecule has 4 aromatic rings. The first-order valence-electron chi connectivity index (χ1n) is 10.4. The third kappa shape index (κ3) is 7.10. The fourth-order valence-electron chi connectivity index (χ4n) is 2.84. The Morgan fingerprint density at radius 1 is 1.03 bits per heavy atom. The van der Waals surface area contributed by atoms with E-state index in [1.54, 1.807) is 24.5 Å². The van der Waals surface area contributed by atoms with Crippen LogP contribution in [0.3, 0.4) is 0 Å². The van der Waals surface area contributed by atoms with Gasteiger partial charge in [0.2, 0.25) is 0 Å². The van der Waals surface area contributed by atoms with Crippen LogP contribution in [0.2, 0.25) is 0 Å². The second-order valence-corrected chi connectivity index (χ2v) is 10.3. The molecule has 0 fully saturated rings. The molecule has 0 atom stereocenters. The van der Waals surface area contributed by atoms with Gasteiger partial charge in [-0.3, -0.25) is 14.9 Å². The molecule has 35 heavy (non-hydrogen) atoms. The van der Waals surface area contributed by atoms with E-state index in [-0.39, 0.29) is 23.9 Å². The quantitative estimate of drug-likeness (QED) is 0.276.